The first-order valence-electron chi connectivity index (χ1n) is 10.7. The summed E-state index contributed by atoms with van der Waals surface area (Å²) in [6.07, 6.45) is 8.25. The van der Waals surface area contributed by atoms with Crippen LogP contribution in [-0.2, 0) is 9.59 Å². The molecule has 2 N–H and O–H groups in total. The van der Waals surface area contributed by atoms with Gasteiger partial charge in [0.15, 0.2) is 11.5 Å². The van der Waals surface area contributed by atoms with Crippen molar-refractivity contribution in [2.45, 2.75) is 19.3 Å². The van der Waals surface area contributed by atoms with E-state index in [0.717, 1.165) is 38.6 Å². The Bertz CT molecular complexity index is 825. The molecule has 33 heavy (non-hydrogen) atoms. The van der Waals surface area contributed by atoms with Crippen molar-refractivity contribution in [3.8, 4) is 17.2 Å². The molecule has 1 amide bonds. The number of hydrogen-bond acceptors (Lipinski definition) is 7. The third-order valence-corrected chi connectivity index (χ3v) is 5.65. The van der Waals surface area contributed by atoms with Crippen molar-refractivity contribution < 1.29 is 38.8 Å². The second-order valence-electron chi connectivity index (χ2n) is 7.77. The molecule has 0 saturated carbocycles. The molecule has 0 bridgehead atoms. The van der Waals surface area contributed by atoms with Crippen LogP contribution < -0.4 is 14.2 Å². The zero-order chi connectivity index (χ0) is 24.4. The van der Waals surface area contributed by atoms with Crippen molar-refractivity contribution in [2.24, 2.45) is 5.92 Å². The highest BCUT2D eigenvalue weighted by molar-refractivity contribution is 6.27. The second-order valence-corrected chi connectivity index (χ2v) is 7.77. The van der Waals surface area contributed by atoms with Gasteiger partial charge < -0.3 is 29.3 Å². The largest absolute Gasteiger partial charge is 0.493 e. The molecule has 1 heterocycles. The molecule has 1 unspecified atom stereocenters. The molecule has 0 radical (unpaired) electrons. The maximum absolute atomic E-state index is 13.0. The van der Waals surface area contributed by atoms with Crippen LogP contribution in [0.2, 0.25) is 0 Å². The topological polar surface area (TPSA) is 126 Å². The fourth-order valence-electron chi connectivity index (χ4n) is 3.91. The highest BCUT2D eigenvalue weighted by atomic mass is 16.5. The van der Waals surface area contributed by atoms with Crippen LogP contribution in [0.3, 0.4) is 0 Å². The lowest BCUT2D eigenvalue weighted by atomic mass is 9.94. The quantitative estimate of drug-likeness (QED) is 0.480. The normalized spacial score (nSPS) is 18.0. The van der Waals surface area contributed by atoms with Gasteiger partial charge in [-0.2, -0.15) is 0 Å². The fraction of sp³-hybridized carbons (Fsp3) is 0.522. The van der Waals surface area contributed by atoms with Crippen molar-refractivity contribution in [2.75, 3.05) is 54.1 Å². The first kappa shape index (κ1) is 26.0. The molecule has 1 aliphatic heterocycles. The Morgan fingerprint density at radius 3 is 1.91 bits per heavy atom. The third kappa shape index (κ3) is 7.38. The van der Waals surface area contributed by atoms with E-state index >= 15 is 0 Å². The van der Waals surface area contributed by atoms with Gasteiger partial charge in [0.25, 0.3) is 5.91 Å². The summed E-state index contributed by atoms with van der Waals surface area (Å²) >= 11 is 0. The van der Waals surface area contributed by atoms with Gasteiger partial charge in [-0.05, 0) is 37.3 Å². The predicted molar refractivity (Wildman–Crippen MR) is 120 cm³/mol. The maximum Gasteiger partial charge on any atom is 0.414 e. The number of benzene rings is 1. The molecular formula is C23H32N2O8. The van der Waals surface area contributed by atoms with E-state index in [1.165, 1.54) is 19.3 Å². The van der Waals surface area contributed by atoms with Gasteiger partial charge in [-0.3, -0.25) is 9.69 Å². The van der Waals surface area contributed by atoms with Crippen LogP contribution in [0.25, 0.3) is 0 Å². The average Bonchev–Trinajstić information content (AvgIpc) is 2.84. The summed E-state index contributed by atoms with van der Waals surface area (Å²) < 4.78 is 16.1. The molecule has 0 aromatic heterocycles. The Morgan fingerprint density at radius 1 is 0.909 bits per heavy atom. The van der Waals surface area contributed by atoms with E-state index in [0.29, 0.717) is 22.8 Å². The molecular weight excluding hydrogens is 432 g/mol. The first-order valence-corrected chi connectivity index (χ1v) is 10.7. The number of piperazine rings is 1. The molecule has 10 nitrogen and oxygen atoms in total. The molecule has 1 fully saturated rings. The molecule has 182 valence electrons. The fourth-order valence-corrected chi connectivity index (χ4v) is 3.91. The van der Waals surface area contributed by atoms with Crippen LogP contribution in [-0.4, -0.2) is 91.9 Å². The van der Waals surface area contributed by atoms with Crippen molar-refractivity contribution in [1.29, 1.82) is 0 Å². The lowest BCUT2D eigenvalue weighted by molar-refractivity contribution is -0.159. The van der Waals surface area contributed by atoms with Gasteiger partial charge in [-0.1, -0.05) is 12.2 Å². The molecule has 1 atom stereocenters. The Labute approximate surface area is 193 Å². The number of nitrogens with zero attached hydrogens (tertiary/aromatic N) is 2. The number of aliphatic carboxylic acids is 2. The lowest BCUT2D eigenvalue weighted by Crippen LogP contribution is -2.49. The lowest BCUT2D eigenvalue weighted by Gasteiger charge is -2.36. The summed E-state index contributed by atoms with van der Waals surface area (Å²) in [5.41, 5.74) is 0.565. The van der Waals surface area contributed by atoms with Gasteiger partial charge in [0.2, 0.25) is 5.75 Å². The van der Waals surface area contributed by atoms with Crippen molar-refractivity contribution >= 4 is 17.8 Å². The number of allylic oxidation sites excluding steroid dienone is 2. The second kappa shape index (κ2) is 12.7. The van der Waals surface area contributed by atoms with Crippen molar-refractivity contribution in [1.82, 2.24) is 9.80 Å². The van der Waals surface area contributed by atoms with E-state index in [1.54, 1.807) is 33.5 Å². The summed E-state index contributed by atoms with van der Waals surface area (Å²) in [5.74, 6) is -1.37. The minimum atomic E-state index is -1.82. The standard InChI is InChI=1S/C21H30N2O4.C2H2O4/c1-25-18-13-17(14-19(26-2)20(18)27-3)21(24)23-11-9-22(10-12-23)15-16-7-5-4-6-8-16;3-1(4)2(5)6/h4-5,13-14,16H,6-12,15H2,1-3H3;(H,3,4)(H,5,6). The van der Waals surface area contributed by atoms with E-state index in [4.69, 9.17) is 34.0 Å². The minimum Gasteiger partial charge on any atom is -0.493 e. The number of carboxylic acids is 2. The Balaban J connectivity index is 0.000000569. The Morgan fingerprint density at radius 2 is 1.48 bits per heavy atom. The zero-order valence-electron chi connectivity index (χ0n) is 19.3. The van der Waals surface area contributed by atoms with Crippen LogP contribution in [0.5, 0.6) is 17.2 Å². The summed E-state index contributed by atoms with van der Waals surface area (Å²) in [4.78, 5) is 35.6. The van der Waals surface area contributed by atoms with Gasteiger partial charge in [0.05, 0.1) is 21.3 Å². The van der Waals surface area contributed by atoms with E-state index in [9.17, 15) is 4.79 Å². The number of amides is 1. The molecule has 1 aromatic rings. The van der Waals surface area contributed by atoms with Crippen molar-refractivity contribution in [3.05, 3.63) is 29.8 Å². The number of rotatable bonds is 6. The molecule has 0 spiro atoms. The SMILES string of the molecule is COc1cc(C(=O)N2CCN(CC3CC=CCC3)CC2)cc(OC)c1OC.O=C(O)C(=O)O. The first-order chi connectivity index (χ1) is 15.8. The number of carboxylic acid groups (broad SMARTS) is 2. The van der Waals surface area contributed by atoms with Crippen molar-refractivity contribution in [3.63, 3.8) is 0 Å². The highest BCUT2D eigenvalue weighted by Crippen LogP contribution is 2.38. The predicted octanol–water partition coefficient (Wildman–Crippen LogP) is 1.98. The average molecular weight is 465 g/mol. The molecule has 1 aliphatic carbocycles. The number of methoxy groups -OCH3 is 3. The van der Waals surface area contributed by atoms with Gasteiger partial charge in [-0.15, -0.1) is 0 Å². The third-order valence-electron chi connectivity index (χ3n) is 5.65. The van der Waals surface area contributed by atoms with Crippen LogP contribution in [0.1, 0.15) is 29.6 Å². The van der Waals surface area contributed by atoms with Crippen LogP contribution in [0.4, 0.5) is 0 Å². The van der Waals surface area contributed by atoms with E-state index in [2.05, 4.69) is 17.1 Å². The highest BCUT2D eigenvalue weighted by Gasteiger charge is 2.26. The van der Waals surface area contributed by atoms with E-state index in [1.807, 2.05) is 4.90 Å². The molecule has 1 aromatic carbocycles. The Kier molecular flexibility index (Phi) is 9.99. The molecule has 10 heteroatoms. The zero-order valence-corrected chi connectivity index (χ0v) is 19.3. The van der Waals surface area contributed by atoms with Crippen LogP contribution in [0, 0.1) is 5.92 Å². The van der Waals surface area contributed by atoms with Gasteiger partial charge in [-0.25, -0.2) is 9.59 Å². The van der Waals surface area contributed by atoms with E-state index < -0.39 is 11.9 Å². The number of ether oxygens (including phenoxy) is 3. The number of hydrogen-bond donors (Lipinski definition) is 2. The monoisotopic (exact) mass is 464 g/mol. The maximum atomic E-state index is 13.0. The number of carbonyl (C=O) groups is 3. The minimum absolute atomic E-state index is 0.00880. The molecule has 1 saturated heterocycles. The molecule has 2 aliphatic rings. The summed E-state index contributed by atoms with van der Waals surface area (Å²) in [6.45, 7) is 4.49. The Hall–Kier alpha value is -3.27. The van der Waals surface area contributed by atoms with E-state index in [-0.39, 0.29) is 5.91 Å². The summed E-state index contributed by atoms with van der Waals surface area (Å²) in [5, 5.41) is 14.8. The summed E-state index contributed by atoms with van der Waals surface area (Å²) in [6, 6.07) is 3.45. The molecule has 3 rings (SSSR count). The van der Waals surface area contributed by atoms with Crippen LogP contribution >= 0.6 is 0 Å². The van der Waals surface area contributed by atoms with Gasteiger partial charge >= 0.3 is 11.9 Å². The van der Waals surface area contributed by atoms with Crippen LogP contribution in [0.15, 0.2) is 24.3 Å². The summed E-state index contributed by atoms with van der Waals surface area (Å²) in [7, 11) is 4.68. The number of carbonyl (C=O) groups excluding carboxylic acids is 1. The van der Waals surface area contributed by atoms with Gasteiger partial charge in [0, 0.05) is 38.3 Å². The van der Waals surface area contributed by atoms with Gasteiger partial charge in [0.1, 0.15) is 0 Å². The smallest absolute Gasteiger partial charge is 0.414 e.